The van der Waals surface area contributed by atoms with Gasteiger partial charge in [-0.2, -0.15) is 5.10 Å². The number of carbonyl (C=O) groups is 2. The highest BCUT2D eigenvalue weighted by Crippen LogP contribution is 2.33. The van der Waals surface area contributed by atoms with Crippen LogP contribution in [0.1, 0.15) is 47.6 Å². The van der Waals surface area contributed by atoms with Crippen molar-refractivity contribution in [2.75, 3.05) is 20.8 Å². The van der Waals surface area contributed by atoms with Crippen molar-refractivity contribution in [3.8, 4) is 22.8 Å². The van der Waals surface area contributed by atoms with Crippen molar-refractivity contribution in [3.63, 3.8) is 0 Å². The Hall–Kier alpha value is -3.92. The van der Waals surface area contributed by atoms with Crippen LogP contribution in [0.15, 0.2) is 41.8 Å². The number of aromatic nitrogens is 3. The molecule has 4 aromatic rings. The van der Waals surface area contributed by atoms with Crippen LogP contribution in [-0.4, -0.2) is 47.3 Å². The van der Waals surface area contributed by atoms with Crippen LogP contribution in [0.4, 0.5) is 0 Å². The molecule has 0 saturated heterocycles. The third kappa shape index (κ3) is 5.96. The third-order valence-electron chi connectivity index (χ3n) is 6.35. The zero-order chi connectivity index (χ0) is 27.2. The minimum Gasteiger partial charge on any atom is -0.497 e. The minimum atomic E-state index is -0.419. The molecule has 0 aliphatic heterocycles. The highest BCUT2D eigenvalue weighted by atomic mass is 32.1. The molecule has 38 heavy (non-hydrogen) atoms. The monoisotopic (exact) mass is 536 g/mol. The van der Waals surface area contributed by atoms with Gasteiger partial charge in [-0.3, -0.25) is 9.59 Å². The molecule has 0 bridgehead atoms. The maximum atomic E-state index is 12.9. The van der Waals surface area contributed by atoms with E-state index in [1.807, 2.05) is 55.6 Å². The van der Waals surface area contributed by atoms with E-state index in [4.69, 9.17) is 24.3 Å². The molecule has 1 amide bonds. The fourth-order valence-corrected chi connectivity index (χ4v) is 5.21. The van der Waals surface area contributed by atoms with Gasteiger partial charge in [0, 0.05) is 40.4 Å². The van der Waals surface area contributed by atoms with E-state index < -0.39 is 6.04 Å². The molecule has 0 aliphatic rings. The average Bonchev–Trinajstić information content (AvgIpc) is 3.58. The lowest BCUT2D eigenvalue weighted by atomic mass is 10.1. The highest BCUT2D eigenvalue weighted by Gasteiger charge is 2.21. The summed E-state index contributed by atoms with van der Waals surface area (Å²) in [6, 6.07) is 10.9. The van der Waals surface area contributed by atoms with Crippen molar-refractivity contribution in [2.24, 2.45) is 0 Å². The summed E-state index contributed by atoms with van der Waals surface area (Å²) in [5.74, 6) is 0.872. The lowest BCUT2D eigenvalue weighted by molar-refractivity contribution is -0.143. The number of fused-ring (bicyclic) bond motifs is 1. The molecule has 10 heteroatoms. The minimum absolute atomic E-state index is 0.0938. The van der Waals surface area contributed by atoms with Crippen LogP contribution in [0.5, 0.6) is 11.5 Å². The Morgan fingerprint density at radius 1 is 1.13 bits per heavy atom. The lowest BCUT2D eigenvalue weighted by Crippen LogP contribution is -2.30. The highest BCUT2D eigenvalue weighted by molar-refractivity contribution is 7.10. The number of hydrogen-bond acceptors (Lipinski definition) is 8. The summed E-state index contributed by atoms with van der Waals surface area (Å²) >= 11 is 1.50. The van der Waals surface area contributed by atoms with Crippen LogP contribution in [0.2, 0.25) is 0 Å². The molecule has 200 valence electrons. The second kappa shape index (κ2) is 12.1. The average molecular weight is 537 g/mol. The first-order chi connectivity index (χ1) is 18.3. The van der Waals surface area contributed by atoms with Gasteiger partial charge in [0.15, 0.2) is 5.65 Å². The van der Waals surface area contributed by atoms with Crippen LogP contribution in [-0.2, 0) is 20.7 Å². The van der Waals surface area contributed by atoms with E-state index in [1.165, 1.54) is 11.3 Å². The number of hydrogen-bond donors (Lipinski definition) is 1. The van der Waals surface area contributed by atoms with Gasteiger partial charge >= 0.3 is 5.97 Å². The molecule has 1 aromatic carbocycles. The van der Waals surface area contributed by atoms with Crippen LogP contribution in [0.25, 0.3) is 16.9 Å². The van der Waals surface area contributed by atoms with E-state index in [2.05, 4.69) is 5.32 Å². The van der Waals surface area contributed by atoms with E-state index >= 15 is 0 Å². The summed E-state index contributed by atoms with van der Waals surface area (Å²) in [5.41, 5.74) is 5.00. The molecule has 0 radical (unpaired) electrons. The summed E-state index contributed by atoms with van der Waals surface area (Å²) in [7, 11) is 3.22. The van der Waals surface area contributed by atoms with Gasteiger partial charge in [0.25, 0.3) is 0 Å². The fourth-order valence-electron chi connectivity index (χ4n) is 4.43. The Bertz CT molecular complexity index is 1430. The van der Waals surface area contributed by atoms with E-state index in [0.29, 0.717) is 30.2 Å². The summed E-state index contributed by atoms with van der Waals surface area (Å²) < 4.78 is 17.8. The Balaban J connectivity index is 1.52. The number of carbonyl (C=O) groups excluding carboxylic acids is 2. The lowest BCUT2D eigenvalue weighted by Gasteiger charge is -2.17. The largest absolute Gasteiger partial charge is 0.497 e. The van der Waals surface area contributed by atoms with Crippen molar-refractivity contribution in [1.29, 1.82) is 0 Å². The Morgan fingerprint density at radius 3 is 2.63 bits per heavy atom. The Morgan fingerprint density at radius 2 is 1.95 bits per heavy atom. The number of amides is 1. The maximum absolute atomic E-state index is 12.9. The third-order valence-corrected chi connectivity index (χ3v) is 7.33. The number of rotatable bonds is 11. The van der Waals surface area contributed by atoms with Gasteiger partial charge in [-0.15, -0.1) is 11.3 Å². The summed E-state index contributed by atoms with van der Waals surface area (Å²) in [6.07, 6.45) is 0.834. The number of benzene rings is 1. The van der Waals surface area contributed by atoms with Crippen molar-refractivity contribution >= 4 is 28.9 Å². The first-order valence-electron chi connectivity index (χ1n) is 12.4. The van der Waals surface area contributed by atoms with E-state index in [-0.39, 0.29) is 24.7 Å². The van der Waals surface area contributed by atoms with Gasteiger partial charge in [-0.25, -0.2) is 9.50 Å². The number of thiophene rings is 1. The van der Waals surface area contributed by atoms with E-state index in [0.717, 1.165) is 33.1 Å². The molecule has 3 aromatic heterocycles. The number of nitrogens with zero attached hydrogens (tertiary/aromatic N) is 3. The summed E-state index contributed by atoms with van der Waals surface area (Å²) in [4.78, 5) is 30.7. The number of ether oxygens (including phenoxy) is 3. The quantitative estimate of drug-likeness (QED) is 0.274. The Kier molecular flexibility index (Phi) is 8.62. The number of methoxy groups -OCH3 is 2. The van der Waals surface area contributed by atoms with Gasteiger partial charge in [0.1, 0.15) is 11.5 Å². The zero-order valence-corrected chi connectivity index (χ0v) is 23.1. The molecular formula is C28H32N4O5S. The van der Waals surface area contributed by atoms with E-state index in [9.17, 15) is 9.59 Å². The van der Waals surface area contributed by atoms with Crippen molar-refractivity contribution in [1.82, 2.24) is 19.9 Å². The molecule has 4 rings (SSSR count). The summed E-state index contributed by atoms with van der Waals surface area (Å²) in [6.45, 7) is 5.99. The molecule has 0 spiro atoms. The van der Waals surface area contributed by atoms with Crippen molar-refractivity contribution in [2.45, 2.75) is 46.1 Å². The van der Waals surface area contributed by atoms with Crippen molar-refractivity contribution in [3.05, 3.63) is 63.6 Å². The van der Waals surface area contributed by atoms with E-state index in [1.54, 1.807) is 25.7 Å². The number of esters is 1. The fraction of sp³-hybridized carbons (Fsp3) is 0.357. The predicted octanol–water partition coefficient (Wildman–Crippen LogP) is 4.84. The molecule has 1 N–H and O–H groups in total. The first-order valence-corrected chi connectivity index (χ1v) is 13.3. The molecule has 0 unspecified atom stereocenters. The Labute approximate surface area is 225 Å². The second-order valence-electron chi connectivity index (χ2n) is 8.77. The molecule has 0 fully saturated rings. The van der Waals surface area contributed by atoms with Gasteiger partial charge in [0.2, 0.25) is 5.91 Å². The molecule has 0 saturated carbocycles. The number of nitrogens with one attached hydrogen (secondary N) is 1. The second-order valence-corrected chi connectivity index (χ2v) is 9.75. The van der Waals surface area contributed by atoms with Gasteiger partial charge < -0.3 is 19.5 Å². The first kappa shape index (κ1) is 27.1. The van der Waals surface area contributed by atoms with Crippen molar-refractivity contribution < 1.29 is 23.8 Å². The standard InChI is InChI=1S/C28H32N4O5S/c1-6-37-28(34)16-23(25-8-7-13-38-25)30-27(33)12-11-20-17(2)29-26-15-22(31-32(26)18(20)3)21-10-9-19(35-4)14-24(21)36-5/h7-10,13-15,23H,6,11-12,16H2,1-5H3,(H,30,33)/t23-/m1/s1. The molecule has 1 atom stereocenters. The van der Waals surface area contributed by atoms with Crippen LogP contribution in [0.3, 0.4) is 0 Å². The predicted molar refractivity (Wildman–Crippen MR) is 146 cm³/mol. The topological polar surface area (TPSA) is 104 Å². The number of aryl methyl sites for hydroxylation is 2. The van der Waals surface area contributed by atoms with Gasteiger partial charge in [0.05, 0.1) is 39.0 Å². The SMILES string of the molecule is CCOC(=O)C[C@@H](NC(=O)CCc1c(C)nc2cc(-c3ccc(OC)cc3OC)nn2c1C)c1cccs1. The molecule has 3 heterocycles. The van der Waals surface area contributed by atoms with Crippen LogP contribution < -0.4 is 14.8 Å². The van der Waals surface area contributed by atoms with Crippen LogP contribution in [0, 0.1) is 13.8 Å². The molecule has 9 nitrogen and oxygen atoms in total. The normalized spacial score (nSPS) is 11.8. The smallest absolute Gasteiger partial charge is 0.308 e. The zero-order valence-electron chi connectivity index (χ0n) is 22.2. The van der Waals surface area contributed by atoms with Crippen LogP contribution >= 0.6 is 11.3 Å². The summed E-state index contributed by atoms with van der Waals surface area (Å²) in [5, 5.41) is 9.72. The van der Waals surface area contributed by atoms with Gasteiger partial charge in [-0.05, 0) is 56.3 Å². The molecular weight excluding hydrogens is 504 g/mol. The maximum Gasteiger partial charge on any atom is 0.308 e. The molecule has 0 aliphatic carbocycles. The van der Waals surface area contributed by atoms with Gasteiger partial charge in [-0.1, -0.05) is 6.07 Å².